The second kappa shape index (κ2) is 6.25. The van der Waals surface area contributed by atoms with Gasteiger partial charge < -0.3 is 10.2 Å². The molecule has 1 fully saturated rings. The van der Waals surface area contributed by atoms with Gasteiger partial charge in [-0.2, -0.15) is 0 Å². The number of nitrogens with one attached hydrogen (secondary N) is 1. The lowest BCUT2D eigenvalue weighted by atomic mass is 10.0. The fraction of sp³-hybridized carbons (Fsp3) is 0.571. The van der Waals surface area contributed by atoms with Crippen LogP contribution in [-0.2, 0) is 6.54 Å². The van der Waals surface area contributed by atoms with Crippen LogP contribution in [0.4, 0.5) is 8.78 Å². The number of halogens is 2. The molecule has 1 aliphatic rings. The van der Waals surface area contributed by atoms with Gasteiger partial charge in [-0.15, -0.1) is 0 Å². The summed E-state index contributed by atoms with van der Waals surface area (Å²) in [6.07, 6.45) is 3.60. The van der Waals surface area contributed by atoms with Crippen LogP contribution >= 0.6 is 0 Å². The first-order valence-corrected chi connectivity index (χ1v) is 6.51. The molecule has 18 heavy (non-hydrogen) atoms. The highest BCUT2D eigenvalue weighted by molar-refractivity contribution is 5.19. The zero-order valence-corrected chi connectivity index (χ0v) is 10.8. The van der Waals surface area contributed by atoms with Crippen molar-refractivity contribution in [3.05, 3.63) is 35.4 Å². The van der Waals surface area contributed by atoms with Gasteiger partial charge in [-0.3, -0.25) is 0 Å². The van der Waals surface area contributed by atoms with E-state index in [0.717, 1.165) is 19.5 Å². The summed E-state index contributed by atoms with van der Waals surface area (Å²) >= 11 is 0. The van der Waals surface area contributed by atoms with Crippen LogP contribution in [0.3, 0.4) is 0 Å². The first-order chi connectivity index (χ1) is 8.66. The molecule has 0 bridgehead atoms. The van der Waals surface area contributed by atoms with Gasteiger partial charge in [-0.05, 0) is 38.6 Å². The number of hydrogen-bond donors (Lipinski definition) is 1. The van der Waals surface area contributed by atoms with E-state index < -0.39 is 11.6 Å². The van der Waals surface area contributed by atoms with E-state index in [1.807, 2.05) is 11.9 Å². The minimum Gasteiger partial charge on any atom is -0.313 e. The third-order valence-electron chi connectivity index (χ3n) is 3.43. The first-order valence-electron chi connectivity index (χ1n) is 6.51. The van der Waals surface area contributed by atoms with Crippen molar-refractivity contribution in [2.75, 3.05) is 20.1 Å². The molecule has 100 valence electrons. The lowest BCUT2D eigenvalue weighted by molar-refractivity contribution is 0.251. The van der Waals surface area contributed by atoms with Gasteiger partial charge in [0.2, 0.25) is 0 Å². The minimum atomic E-state index is -0.460. The van der Waals surface area contributed by atoms with Gasteiger partial charge in [0, 0.05) is 24.7 Å². The molecule has 1 unspecified atom stereocenters. The number of likely N-dealkylation sites (N-methyl/N-ethyl adjacent to an activating group) is 1. The average molecular weight is 254 g/mol. The normalized spacial score (nSPS) is 20.3. The Morgan fingerprint density at radius 3 is 2.61 bits per heavy atom. The molecular weight excluding hydrogens is 234 g/mol. The van der Waals surface area contributed by atoms with Gasteiger partial charge in [-0.25, -0.2) is 8.78 Å². The predicted molar refractivity (Wildman–Crippen MR) is 68.3 cm³/mol. The summed E-state index contributed by atoms with van der Waals surface area (Å²) < 4.78 is 27.0. The average Bonchev–Trinajstić information content (AvgIpc) is 2.35. The second-order valence-corrected chi connectivity index (χ2v) is 5.04. The standard InChI is InChI=1S/C14H20F2N2/c1-18(9-11-5-2-3-8-17-11)10-12-13(15)6-4-7-14(12)16/h4,6-7,11,17H,2-3,5,8-10H2,1H3. The Hall–Kier alpha value is -1.00. The van der Waals surface area contributed by atoms with Crippen LogP contribution in [-0.4, -0.2) is 31.1 Å². The highest BCUT2D eigenvalue weighted by Gasteiger charge is 2.16. The van der Waals surface area contributed by atoms with Gasteiger partial charge in [0.1, 0.15) is 11.6 Å². The maximum Gasteiger partial charge on any atom is 0.130 e. The largest absolute Gasteiger partial charge is 0.313 e. The van der Waals surface area contributed by atoms with Crippen LogP contribution in [0.25, 0.3) is 0 Å². The Bertz CT molecular complexity index is 369. The third-order valence-corrected chi connectivity index (χ3v) is 3.43. The number of hydrogen-bond acceptors (Lipinski definition) is 2. The molecule has 0 aromatic heterocycles. The molecule has 1 heterocycles. The number of nitrogens with zero attached hydrogens (tertiary/aromatic N) is 1. The topological polar surface area (TPSA) is 15.3 Å². The van der Waals surface area contributed by atoms with E-state index in [0.29, 0.717) is 12.6 Å². The van der Waals surface area contributed by atoms with Crippen LogP contribution in [0.5, 0.6) is 0 Å². The molecule has 1 N–H and O–H groups in total. The maximum atomic E-state index is 13.5. The monoisotopic (exact) mass is 254 g/mol. The minimum absolute atomic E-state index is 0.163. The summed E-state index contributed by atoms with van der Waals surface area (Å²) in [5.74, 6) is -0.920. The molecule has 0 aliphatic carbocycles. The van der Waals surface area contributed by atoms with E-state index in [-0.39, 0.29) is 5.56 Å². The zero-order valence-electron chi connectivity index (χ0n) is 10.8. The Balaban J connectivity index is 1.92. The third kappa shape index (κ3) is 3.50. The molecule has 0 amide bonds. The molecule has 1 aromatic rings. The smallest absolute Gasteiger partial charge is 0.130 e. The number of benzene rings is 1. The Labute approximate surface area is 107 Å². The summed E-state index contributed by atoms with van der Waals surface area (Å²) in [5, 5.41) is 3.44. The van der Waals surface area contributed by atoms with E-state index >= 15 is 0 Å². The van der Waals surface area contributed by atoms with E-state index in [9.17, 15) is 8.78 Å². The SMILES string of the molecule is CN(Cc1c(F)cccc1F)CC1CCCCN1. The quantitative estimate of drug-likeness (QED) is 0.888. The highest BCUT2D eigenvalue weighted by atomic mass is 19.1. The van der Waals surface area contributed by atoms with Gasteiger partial charge in [-0.1, -0.05) is 12.5 Å². The molecular formula is C14H20F2N2. The Kier molecular flexibility index (Phi) is 4.66. The molecule has 0 radical (unpaired) electrons. The number of piperidine rings is 1. The van der Waals surface area contributed by atoms with Crippen molar-refractivity contribution in [1.82, 2.24) is 10.2 Å². The lowest BCUT2D eigenvalue weighted by Crippen LogP contribution is -2.42. The summed E-state index contributed by atoms with van der Waals surface area (Å²) in [6.45, 7) is 2.19. The molecule has 1 atom stereocenters. The second-order valence-electron chi connectivity index (χ2n) is 5.04. The summed E-state index contributed by atoms with van der Waals surface area (Å²) in [6, 6.07) is 4.46. The van der Waals surface area contributed by atoms with Crippen molar-refractivity contribution in [3.63, 3.8) is 0 Å². The van der Waals surface area contributed by atoms with Crippen molar-refractivity contribution < 1.29 is 8.78 Å². The van der Waals surface area contributed by atoms with Crippen LogP contribution in [0, 0.1) is 11.6 Å². The summed E-state index contributed by atoms with van der Waals surface area (Å²) in [7, 11) is 1.90. The van der Waals surface area contributed by atoms with Crippen molar-refractivity contribution in [3.8, 4) is 0 Å². The van der Waals surface area contributed by atoms with Crippen molar-refractivity contribution in [1.29, 1.82) is 0 Å². The number of rotatable bonds is 4. The van der Waals surface area contributed by atoms with Gasteiger partial charge in [0.25, 0.3) is 0 Å². The molecule has 1 aromatic carbocycles. The van der Waals surface area contributed by atoms with Crippen LogP contribution in [0.1, 0.15) is 24.8 Å². The molecule has 0 saturated carbocycles. The fourth-order valence-corrected chi connectivity index (χ4v) is 2.47. The predicted octanol–water partition coefficient (Wildman–Crippen LogP) is 2.54. The fourth-order valence-electron chi connectivity index (χ4n) is 2.47. The van der Waals surface area contributed by atoms with Gasteiger partial charge in [0.15, 0.2) is 0 Å². The van der Waals surface area contributed by atoms with E-state index in [1.165, 1.54) is 31.0 Å². The van der Waals surface area contributed by atoms with Crippen LogP contribution in [0.2, 0.25) is 0 Å². The zero-order chi connectivity index (χ0) is 13.0. The molecule has 2 nitrogen and oxygen atoms in total. The lowest BCUT2D eigenvalue weighted by Gasteiger charge is -2.28. The first kappa shape index (κ1) is 13.4. The van der Waals surface area contributed by atoms with Crippen molar-refractivity contribution >= 4 is 0 Å². The molecule has 2 rings (SSSR count). The van der Waals surface area contributed by atoms with E-state index in [2.05, 4.69) is 5.32 Å². The van der Waals surface area contributed by atoms with Gasteiger partial charge in [0.05, 0.1) is 0 Å². The Morgan fingerprint density at radius 1 is 1.28 bits per heavy atom. The summed E-state index contributed by atoms with van der Waals surface area (Å²) in [4.78, 5) is 1.98. The van der Waals surface area contributed by atoms with Crippen LogP contribution in [0.15, 0.2) is 18.2 Å². The van der Waals surface area contributed by atoms with Crippen LogP contribution < -0.4 is 5.32 Å². The van der Waals surface area contributed by atoms with Gasteiger partial charge >= 0.3 is 0 Å². The Morgan fingerprint density at radius 2 is 2.00 bits per heavy atom. The van der Waals surface area contributed by atoms with E-state index in [1.54, 1.807) is 0 Å². The van der Waals surface area contributed by atoms with Crippen molar-refractivity contribution in [2.24, 2.45) is 0 Å². The maximum absolute atomic E-state index is 13.5. The molecule has 4 heteroatoms. The van der Waals surface area contributed by atoms with Crippen molar-refractivity contribution in [2.45, 2.75) is 31.8 Å². The molecule has 0 spiro atoms. The van der Waals surface area contributed by atoms with E-state index in [4.69, 9.17) is 0 Å². The highest BCUT2D eigenvalue weighted by Crippen LogP contribution is 2.15. The summed E-state index contributed by atoms with van der Waals surface area (Å²) in [5.41, 5.74) is 0.163. The molecule has 1 saturated heterocycles. The molecule has 1 aliphatic heterocycles.